The molecule has 1 saturated heterocycles. The summed E-state index contributed by atoms with van der Waals surface area (Å²) >= 11 is 3.59. The highest BCUT2D eigenvalue weighted by molar-refractivity contribution is 9.10. The smallest absolute Gasteiger partial charge is 0.0423 e. The van der Waals surface area contributed by atoms with E-state index >= 15 is 0 Å². The van der Waals surface area contributed by atoms with Crippen molar-refractivity contribution in [3.63, 3.8) is 0 Å². The minimum Gasteiger partial charge on any atom is -0.371 e. The Hall–Kier alpha value is -0.540. The number of benzene rings is 1. The van der Waals surface area contributed by atoms with Crippen LogP contribution in [0.5, 0.6) is 0 Å². The van der Waals surface area contributed by atoms with Crippen molar-refractivity contribution >= 4 is 21.6 Å². The molecule has 0 saturated carbocycles. The van der Waals surface area contributed by atoms with Crippen LogP contribution in [0.15, 0.2) is 22.7 Å². The average Bonchev–Trinajstić information content (AvgIpc) is 2.77. The number of anilines is 1. The fraction of sp³-hybridized carbons (Fsp3) is 0.571. The van der Waals surface area contributed by atoms with E-state index in [0.717, 1.165) is 22.9 Å². The van der Waals surface area contributed by atoms with E-state index in [2.05, 4.69) is 52.9 Å². The van der Waals surface area contributed by atoms with Gasteiger partial charge in [-0.05, 0) is 30.4 Å². The van der Waals surface area contributed by atoms with Gasteiger partial charge in [0.25, 0.3) is 0 Å². The van der Waals surface area contributed by atoms with Crippen LogP contribution in [0.4, 0.5) is 5.69 Å². The van der Waals surface area contributed by atoms with Gasteiger partial charge in [0.2, 0.25) is 0 Å². The first-order valence-electron chi connectivity index (χ1n) is 6.36. The maximum atomic E-state index is 5.86. The molecule has 1 aromatic carbocycles. The molecule has 3 heteroatoms. The Morgan fingerprint density at radius 2 is 2.24 bits per heavy atom. The van der Waals surface area contributed by atoms with Crippen molar-refractivity contribution in [3.05, 3.63) is 28.2 Å². The lowest BCUT2D eigenvalue weighted by atomic mass is 9.95. The minimum absolute atomic E-state index is 0.597. The van der Waals surface area contributed by atoms with Gasteiger partial charge >= 0.3 is 0 Å². The van der Waals surface area contributed by atoms with Crippen molar-refractivity contribution in [2.75, 3.05) is 18.0 Å². The zero-order valence-electron chi connectivity index (χ0n) is 10.6. The van der Waals surface area contributed by atoms with Crippen LogP contribution in [0.25, 0.3) is 0 Å². The molecule has 1 aromatic rings. The van der Waals surface area contributed by atoms with Crippen LogP contribution < -0.4 is 10.6 Å². The zero-order valence-corrected chi connectivity index (χ0v) is 12.2. The van der Waals surface area contributed by atoms with Gasteiger partial charge in [0.1, 0.15) is 0 Å². The van der Waals surface area contributed by atoms with Gasteiger partial charge in [0.15, 0.2) is 0 Å². The van der Waals surface area contributed by atoms with Crippen molar-refractivity contribution in [1.29, 1.82) is 0 Å². The fourth-order valence-electron chi connectivity index (χ4n) is 2.60. The molecule has 0 spiro atoms. The van der Waals surface area contributed by atoms with Gasteiger partial charge < -0.3 is 10.6 Å². The molecule has 17 heavy (non-hydrogen) atoms. The molecule has 1 aliphatic heterocycles. The van der Waals surface area contributed by atoms with Crippen LogP contribution in [0.3, 0.4) is 0 Å². The molecule has 1 fully saturated rings. The second-order valence-electron chi connectivity index (χ2n) is 5.18. The van der Waals surface area contributed by atoms with Gasteiger partial charge in [-0.15, -0.1) is 0 Å². The van der Waals surface area contributed by atoms with Gasteiger partial charge in [0.05, 0.1) is 0 Å². The summed E-state index contributed by atoms with van der Waals surface area (Å²) in [4.78, 5) is 2.48. The minimum atomic E-state index is 0.597. The molecule has 1 aliphatic rings. The monoisotopic (exact) mass is 296 g/mol. The first-order valence-corrected chi connectivity index (χ1v) is 7.15. The van der Waals surface area contributed by atoms with Crippen molar-refractivity contribution in [2.45, 2.75) is 26.8 Å². The summed E-state index contributed by atoms with van der Waals surface area (Å²) in [5, 5.41) is 0. The Labute approximate surface area is 112 Å². The number of rotatable bonds is 3. The summed E-state index contributed by atoms with van der Waals surface area (Å²) in [6, 6.07) is 6.36. The lowest BCUT2D eigenvalue weighted by molar-refractivity contribution is 0.422. The van der Waals surface area contributed by atoms with E-state index in [9.17, 15) is 0 Å². The highest BCUT2D eigenvalue weighted by atomic mass is 79.9. The largest absolute Gasteiger partial charge is 0.371 e. The van der Waals surface area contributed by atoms with E-state index in [1.54, 1.807) is 0 Å². The molecule has 2 rings (SSSR count). The highest BCUT2D eigenvalue weighted by Crippen LogP contribution is 2.33. The Morgan fingerprint density at radius 3 is 2.82 bits per heavy atom. The topological polar surface area (TPSA) is 29.3 Å². The van der Waals surface area contributed by atoms with Gasteiger partial charge in [-0.25, -0.2) is 0 Å². The molecule has 0 bridgehead atoms. The van der Waals surface area contributed by atoms with Crippen LogP contribution in [0.1, 0.15) is 25.8 Å². The molecule has 0 aliphatic carbocycles. The Balaban J connectivity index is 2.21. The van der Waals surface area contributed by atoms with Crippen LogP contribution in [0, 0.1) is 11.8 Å². The number of nitrogens with zero attached hydrogens (tertiary/aromatic N) is 1. The number of halogens is 1. The third-order valence-corrected chi connectivity index (χ3v) is 4.55. The Kier molecular flexibility index (Phi) is 4.10. The third-order valence-electron chi connectivity index (χ3n) is 3.81. The molecule has 0 radical (unpaired) electrons. The predicted molar refractivity (Wildman–Crippen MR) is 77.2 cm³/mol. The van der Waals surface area contributed by atoms with Crippen LogP contribution in [-0.4, -0.2) is 13.1 Å². The third kappa shape index (κ3) is 2.66. The zero-order chi connectivity index (χ0) is 12.4. The van der Waals surface area contributed by atoms with Gasteiger partial charge in [-0.3, -0.25) is 0 Å². The molecule has 2 nitrogen and oxygen atoms in total. The lowest BCUT2D eigenvalue weighted by Crippen LogP contribution is -2.23. The molecule has 0 aromatic heterocycles. The molecular formula is C14H21BrN2. The second kappa shape index (κ2) is 5.40. The summed E-state index contributed by atoms with van der Waals surface area (Å²) in [6.07, 6.45) is 1.30. The number of hydrogen-bond acceptors (Lipinski definition) is 2. The maximum Gasteiger partial charge on any atom is 0.0423 e. The van der Waals surface area contributed by atoms with E-state index in [0.29, 0.717) is 6.54 Å². The Bertz CT molecular complexity index is 390. The summed E-state index contributed by atoms with van der Waals surface area (Å²) in [5.41, 5.74) is 8.40. The van der Waals surface area contributed by atoms with E-state index in [-0.39, 0.29) is 0 Å². The molecular weight excluding hydrogens is 276 g/mol. The van der Waals surface area contributed by atoms with E-state index in [1.807, 2.05) is 0 Å². The predicted octanol–water partition coefficient (Wildman–Crippen LogP) is 3.39. The van der Waals surface area contributed by atoms with E-state index in [1.165, 1.54) is 24.2 Å². The van der Waals surface area contributed by atoms with E-state index in [4.69, 9.17) is 5.73 Å². The van der Waals surface area contributed by atoms with Crippen LogP contribution in [0.2, 0.25) is 0 Å². The van der Waals surface area contributed by atoms with Gasteiger partial charge in [0, 0.05) is 35.4 Å². The molecule has 1 atom stereocenters. The molecule has 94 valence electrons. The normalized spacial score (nSPS) is 20.3. The quantitative estimate of drug-likeness (QED) is 0.926. The molecule has 1 heterocycles. The van der Waals surface area contributed by atoms with Crippen LogP contribution >= 0.6 is 15.9 Å². The highest BCUT2D eigenvalue weighted by Gasteiger charge is 2.26. The maximum absolute atomic E-state index is 5.86. The van der Waals surface area contributed by atoms with Gasteiger partial charge in [-0.2, -0.15) is 0 Å². The fourth-order valence-corrected chi connectivity index (χ4v) is 3.11. The number of hydrogen-bond donors (Lipinski definition) is 1. The molecule has 0 amide bonds. The number of nitrogens with two attached hydrogens (primary N) is 1. The lowest BCUT2D eigenvalue weighted by Gasteiger charge is -2.23. The van der Waals surface area contributed by atoms with Crippen molar-refractivity contribution in [1.82, 2.24) is 0 Å². The second-order valence-corrected chi connectivity index (χ2v) is 6.03. The molecule has 2 N–H and O–H groups in total. The Morgan fingerprint density at radius 1 is 1.47 bits per heavy atom. The average molecular weight is 297 g/mol. The standard InChI is InChI=1S/C14H21BrN2/c1-10(2)11-6-7-17(9-11)14-5-3-4-13(15)12(14)8-16/h3-5,10-11H,6-9,16H2,1-2H3. The summed E-state index contributed by atoms with van der Waals surface area (Å²) in [6.45, 7) is 7.56. The van der Waals surface area contributed by atoms with Crippen molar-refractivity contribution in [3.8, 4) is 0 Å². The van der Waals surface area contributed by atoms with Crippen LogP contribution in [-0.2, 0) is 6.54 Å². The summed E-state index contributed by atoms with van der Waals surface area (Å²) in [5.74, 6) is 1.59. The molecule has 1 unspecified atom stereocenters. The van der Waals surface area contributed by atoms with Gasteiger partial charge in [-0.1, -0.05) is 35.8 Å². The first-order chi connectivity index (χ1) is 8.13. The van der Waals surface area contributed by atoms with Crippen molar-refractivity contribution < 1.29 is 0 Å². The first kappa shape index (κ1) is 12.9. The van der Waals surface area contributed by atoms with Crippen molar-refractivity contribution in [2.24, 2.45) is 17.6 Å². The summed E-state index contributed by atoms with van der Waals surface area (Å²) < 4.78 is 1.13. The van der Waals surface area contributed by atoms with E-state index < -0.39 is 0 Å². The summed E-state index contributed by atoms with van der Waals surface area (Å²) in [7, 11) is 0. The SMILES string of the molecule is CC(C)C1CCN(c2cccc(Br)c2CN)C1.